The molecule has 0 saturated carbocycles. The van der Waals surface area contributed by atoms with E-state index in [0.717, 1.165) is 18.2 Å². The van der Waals surface area contributed by atoms with Crippen LogP contribution in [0.25, 0.3) is 10.9 Å². The zero-order chi connectivity index (χ0) is 31.5. The lowest BCUT2D eigenvalue weighted by Crippen LogP contribution is -2.40. The molecule has 4 aromatic rings. The Kier molecular flexibility index (Phi) is 8.61. The fourth-order valence-electron chi connectivity index (χ4n) is 4.65. The number of hydrogen-bond donors (Lipinski definition) is 4. The minimum absolute atomic E-state index is 0.0130. The van der Waals surface area contributed by atoms with Crippen molar-refractivity contribution in [3.8, 4) is 5.75 Å². The predicted octanol–water partition coefficient (Wildman–Crippen LogP) is 6.43. The number of piperidine rings is 1. The normalized spacial score (nSPS) is 15.3. The van der Waals surface area contributed by atoms with Crippen LogP contribution in [0.3, 0.4) is 0 Å². The molecular weight excluding hydrogens is 590 g/mol. The molecule has 1 aliphatic rings. The number of nitrogens with zero attached hydrogens (tertiary/aromatic N) is 2. The first-order chi connectivity index (χ1) is 20.9. The molecule has 1 saturated heterocycles. The van der Waals surface area contributed by atoms with Crippen LogP contribution in [0.2, 0.25) is 0 Å². The molecular formula is C30H28F6N6O2. The van der Waals surface area contributed by atoms with Crippen molar-refractivity contribution >= 4 is 34.0 Å². The van der Waals surface area contributed by atoms with Gasteiger partial charge in [-0.3, -0.25) is 4.79 Å². The van der Waals surface area contributed by atoms with Crippen molar-refractivity contribution in [3.63, 3.8) is 0 Å². The van der Waals surface area contributed by atoms with Gasteiger partial charge in [-0.25, -0.2) is 18.2 Å². The van der Waals surface area contributed by atoms with Gasteiger partial charge >= 0.3 is 6.18 Å². The molecule has 0 radical (unpaired) electrons. The Hall–Kier alpha value is -4.88. The molecule has 1 fully saturated rings. The van der Waals surface area contributed by atoms with Crippen molar-refractivity contribution in [2.75, 3.05) is 35.2 Å². The Labute approximate surface area is 247 Å². The van der Waals surface area contributed by atoms with E-state index in [2.05, 4.69) is 20.6 Å². The number of carbonyl (C=O) groups is 1. The maximum Gasteiger partial charge on any atom is 0.416 e. The van der Waals surface area contributed by atoms with E-state index in [0.29, 0.717) is 34.3 Å². The van der Waals surface area contributed by atoms with E-state index < -0.39 is 29.4 Å². The van der Waals surface area contributed by atoms with Gasteiger partial charge in [0.15, 0.2) is 11.6 Å². The lowest BCUT2D eigenvalue weighted by Gasteiger charge is -2.32. The van der Waals surface area contributed by atoms with Crippen molar-refractivity contribution in [2.45, 2.75) is 31.4 Å². The van der Waals surface area contributed by atoms with Gasteiger partial charge < -0.3 is 31.0 Å². The summed E-state index contributed by atoms with van der Waals surface area (Å²) in [6, 6.07) is 11.2. The average Bonchev–Trinajstić information content (AvgIpc) is 3.37. The third-order valence-electron chi connectivity index (χ3n) is 7.11. The van der Waals surface area contributed by atoms with Gasteiger partial charge in [-0.05, 0) is 35.9 Å². The lowest BCUT2D eigenvalue weighted by atomic mass is 10.1. The van der Waals surface area contributed by atoms with Gasteiger partial charge in [0.25, 0.3) is 11.8 Å². The molecule has 5 N–H and O–H groups in total. The summed E-state index contributed by atoms with van der Waals surface area (Å²) < 4.78 is 85.5. The van der Waals surface area contributed by atoms with Crippen molar-refractivity contribution in [3.05, 3.63) is 89.8 Å². The van der Waals surface area contributed by atoms with Crippen LogP contribution < -0.4 is 26.0 Å². The topological polar surface area (TPSA) is 108 Å². The molecule has 1 amide bonds. The van der Waals surface area contributed by atoms with Gasteiger partial charge in [0.05, 0.1) is 29.7 Å². The van der Waals surface area contributed by atoms with Gasteiger partial charge in [-0.15, -0.1) is 0 Å². The highest BCUT2D eigenvalue weighted by atomic mass is 19.4. The standard InChI is InChI=1S/C30H28F6N6O2/c31-23-13-20(15-40-27(23)42-10-8-29(32,33)9-11-42)38-16-24(37)28(43)41-26-17-39-25-6-5-21(14-22(25)26)44-12-7-18-1-3-19(4-2-18)30(34,35)36/h1-6,13-17,38-39H,7-12,37H2,(H,41,43)/b24-16-. The first-order valence-corrected chi connectivity index (χ1v) is 13.6. The number of alkyl halides is 5. The number of H-pyrrole nitrogens is 1. The van der Waals surface area contributed by atoms with Crippen LogP contribution in [0.1, 0.15) is 24.0 Å². The van der Waals surface area contributed by atoms with Gasteiger partial charge in [-0.1, -0.05) is 12.1 Å². The molecule has 0 atom stereocenters. The highest BCUT2D eigenvalue weighted by molar-refractivity contribution is 6.08. The van der Waals surface area contributed by atoms with Gasteiger partial charge in [0.1, 0.15) is 11.4 Å². The number of nitrogens with one attached hydrogen (secondary N) is 3. The van der Waals surface area contributed by atoms with Crippen molar-refractivity contribution < 1.29 is 35.9 Å². The Balaban J connectivity index is 1.16. The van der Waals surface area contributed by atoms with Crippen LogP contribution in [0.15, 0.2) is 72.8 Å². The van der Waals surface area contributed by atoms with E-state index in [1.807, 2.05) is 0 Å². The fourth-order valence-corrected chi connectivity index (χ4v) is 4.65. The first-order valence-electron chi connectivity index (χ1n) is 13.6. The highest BCUT2D eigenvalue weighted by Crippen LogP contribution is 2.32. The number of ether oxygens (including phenoxy) is 1. The molecule has 1 aliphatic heterocycles. The molecule has 0 spiro atoms. The van der Waals surface area contributed by atoms with Crippen LogP contribution in [0.5, 0.6) is 5.75 Å². The van der Waals surface area contributed by atoms with Crippen LogP contribution >= 0.6 is 0 Å². The second-order valence-corrected chi connectivity index (χ2v) is 10.3. The Bertz CT molecular complexity index is 1660. The van der Waals surface area contributed by atoms with E-state index in [4.69, 9.17) is 10.5 Å². The number of nitrogens with two attached hydrogens (primary N) is 1. The van der Waals surface area contributed by atoms with E-state index in [9.17, 15) is 31.1 Å². The number of pyridine rings is 1. The molecule has 0 bridgehead atoms. The highest BCUT2D eigenvalue weighted by Gasteiger charge is 2.35. The van der Waals surface area contributed by atoms with Crippen molar-refractivity contribution in [1.82, 2.24) is 9.97 Å². The van der Waals surface area contributed by atoms with Crippen LogP contribution in [0, 0.1) is 5.82 Å². The van der Waals surface area contributed by atoms with Crippen LogP contribution in [0.4, 0.5) is 43.5 Å². The monoisotopic (exact) mass is 618 g/mol. The summed E-state index contributed by atoms with van der Waals surface area (Å²) in [5, 5.41) is 6.03. The zero-order valence-electron chi connectivity index (χ0n) is 23.1. The minimum Gasteiger partial charge on any atom is -0.493 e. The molecule has 2 aromatic carbocycles. The van der Waals surface area contributed by atoms with Crippen molar-refractivity contribution in [1.29, 1.82) is 0 Å². The molecule has 0 unspecified atom stereocenters. The number of aromatic nitrogens is 2. The quantitative estimate of drug-likeness (QED) is 0.127. The number of anilines is 3. The number of fused-ring (bicyclic) bond motifs is 1. The zero-order valence-corrected chi connectivity index (χ0v) is 23.1. The van der Waals surface area contributed by atoms with Gasteiger partial charge in [-0.2, -0.15) is 13.2 Å². The molecule has 232 valence electrons. The molecule has 5 rings (SSSR count). The number of benzene rings is 2. The number of rotatable bonds is 9. The SMILES string of the molecule is N/C(=C\Nc1cnc(N2CCC(F)(F)CC2)c(F)c1)C(=O)Nc1c[nH]c2ccc(OCCc3ccc(C(F)(F)F)cc3)cc12. The summed E-state index contributed by atoms with van der Waals surface area (Å²) in [7, 11) is 0. The third kappa shape index (κ3) is 7.36. The Morgan fingerprint density at radius 1 is 1.11 bits per heavy atom. The average molecular weight is 619 g/mol. The predicted molar refractivity (Wildman–Crippen MR) is 154 cm³/mol. The number of hydrogen-bond acceptors (Lipinski definition) is 6. The van der Waals surface area contributed by atoms with Crippen molar-refractivity contribution in [2.24, 2.45) is 5.73 Å². The van der Waals surface area contributed by atoms with E-state index >= 15 is 0 Å². The molecule has 0 aliphatic carbocycles. The molecule has 14 heteroatoms. The summed E-state index contributed by atoms with van der Waals surface area (Å²) >= 11 is 0. The second kappa shape index (κ2) is 12.4. The number of aromatic amines is 1. The first kappa shape index (κ1) is 30.6. The fraction of sp³-hybridized carbons (Fsp3) is 0.267. The Morgan fingerprint density at radius 2 is 1.84 bits per heavy atom. The van der Waals surface area contributed by atoms with E-state index in [-0.39, 0.29) is 49.7 Å². The number of halogens is 6. The maximum atomic E-state index is 14.6. The third-order valence-corrected chi connectivity index (χ3v) is 7.11. The maximum absolute atomic E-state index is 14.6. The number of amides is 1. The van der Waals surface area contributed by atoms with Gasteiger partial charge in [0, 0.05) is 61.7 Å². The second-order valence-electron chi connectivity index (χ2n) is 10.3. The molecule has 3 heterocycles. The number of carbonyl (C=O) groups excluding carboxylic acids is 1. The molecule has 44 heavy (non-hydrogen) atoms. The van der Waals surface area contributed by atoms with E-state index in [1.165, 1.54) is 29.4 Å². The van der Waals surface area contributed by atoms with Gasteiger partial charge in [0.2, 0.25) is 0 Å². The summed E-state index contributed by atoms with van der Waals surface area (Å²) in [6.45, 7) is 0.191. The minimum atomic E-state index is -4.39. The summed E-state index contributed by atoms with van der Waals surface area (Å²) in [6.07, 6.45) is -0.694. The van der Waals surface area contributed by atoms with Crippen LogP contribution in [-0.4, -0.2) is 41.5 Å². The summed E-state index contributed by atoms with van der Waals surface area (Å²) in [5.41, 5.74) is 6.99. The summed E-state index contributed by atoms with van der Waals surface area (Å²) in [5.74, 6) is -3.65. The van der Waals surface area contributed by atoms with E-state index in [1.54, 1.807) is 24.4 Å². The smallest absolute Gasteiger partial charge is 0.416 e. The Morgan fingerprint density at radius 3 is 2.52 bits per heavy atom. The molecule has 2 aromatic heterocycles. The largest absolute Gasteiger partial charge is 0.493 e. The molecule has 8 nitrogen and oxygen atoms in total. The lowest BCUT2D eigenvalue weighted by molar-refractivity contribution is -0.137. The summed E-state index contributed by atoms with van der Waals surface area (Å²) in [4.78, 5) is 21.3. The van der Waals surface area contributed by atoms with Crippen LogP contribution in [-0.2, 0) is 17.4 Å².